The summed E-state index contributed by atoms with van der Waals surface area (Å²) < 4.78 is 30.2. The van der Waals surface area contributed by atoms with Gasteiger partial charge in [-0.1, -0.05) is 0 Å². The largest absolute Gasteiger partial charge is 0.377 e. The molecule has 0 aliphatic rings. The molecular weight excluding hydrogens is 294 g/mol. The summed E-state index contributed by atoms with van der Waals surface area (Å²) in [5.74, 6) is 0.374. The lowest BCUT2D eigenvalue weighted by atomic mass is 10.6. The summed E-state index contributed by atoms with van der Waals surface area (Å²) in [6.45, 7) is 4.68. The Bertz CT molecular complexity index is 256. The number of guanidine groups is 1. The number of aliphatic imine (C=N–C) groups is 1. The fourth-order valence-electron chi connectivity index (χ4n) is 1.26. The van der Waals surface area contributed by atoms with Crippen LogP contribution in [0.5, 0.6) is 0 Å². The van der Waals surface area contributed by atoms with Crippen molar-refractivity contribution in [3.05, 3.63) is 0 Å². The van der Waals surface area contributed by atoms with E-state index < -0.39 is 0 Å². The van der Waals surface area contributed by atoms with E-state index in [0.717, 1.165) is 0 Å². The number of nitrogens with two attached hydrogens (primary N) is 1. The van der Waals surface area contributed by atoms with Crippen molar-refractivity contribution in [2.45, 2.75) is 0 Å². The van der Waals surface area contributed by atoms with Gasteiger partial charge in [0.15, 0.2) is 5.96 Å². The van der Waals surface area contributed by atoms with Gasteiger partial charge in [0.1, 0.15) is 13.6 Å². The highest BCUT2D eigenvalue weighted by molar-refractivity contribution is 5.77. The lowest BCUT2D eigenvalue weighted by Gasteiger charge is -2.07. The van der Waals surface area contributed by atoms with Crippen LogP contribution in [-0.2, 0) is 28.4 Å². The first-order chi connectivity index (χ1) is 10.8. The highest BCUT2D eigenvalue weighted by Crippen LogP contribution is 1.81. The molecule has 0 aromatic carbocycles. The summed E-state index contributed by atoms with van der Waals surface area (Å²) >= 11 is 0. The van der Waals surface area contributed by atoms with Crippen molar-refractivity contribution in [3.63, 3.8) is 0 Å². The molecule has 0 amide bonds. The molecule has 0 aromatic heterocycles. The molecule has 9 nitrogen and oxygen atoms in total. The Kier molecular flexibility index (Phi) is 17.3. The first-order valence-electron chi connectivity index (χ1n) is 7.14. The summed E-state index contributed by atoms with van der Waals surface area (Å²) in [4.78, 5) is 4.11. The first kappa shape index (κ1) is 21.0. The molecule has 0 rings (SSSR count). The second-order valence-electron chi connectivity index (χ2n) is 4.05. The Hall–Kier alpha value is -0.970. The van der Waals surface area contributed by atoms with E-state index in [1.165, 1.54) is 0 Å². The van der Waals surface area contributed by atoms with Crippen LogP contribution in [0.25, 0.3) is 0 Å². The molecule has 0 aromatic rings. The maximum Gasteiger partial charge on any atom is 0.188 e. The minimum atomic E-state index is 0.277. The summed E-state index contributed by atoms with van der Waals surface area (Å²) in [7, 11) is 3.15. The molecule has 0 aliphatic heterocycles. The van der Waals surface area contributed by atoms with Crippen LogP contribution in [0, 0.1) is 0 Å². The molecule has 0 saturated heterocycles. The molecule has 0 heterocycles. The van der Waals surface area contributed by atoms with E-state index in [4.69, 9.17) is 34.2 Å². The van der Waals surface area contributed by atoms with E-state index in [2.05, 4.69) is 10.3 Å². The zero-order valence-corrected chi connectivity index (χ0v) is 13.5. The van der Waals surface area contributed by atoms with Gasteiger partial charge in [-0.3, -0.25) is 4.99 Å². The van der Waals surface area contributed by atoms with E-state index in [1.54, 1.807) is 14.2 Å². The number of hydrogen-bond acceptors (Lipinski definition) is 7. The van der Waals surface area contributed by atoms with E-state index >= 15 is 0 Å². The standard InChI is InChI=1S/C13H29N3O6/c1-17-11-21-9-7-19-5-3-15-13(14)16-4-6-20-8-10-22-12-18-2/h3-12H2,1-2H3,(H3,14,15,16). The van der Waals surface area contributed by atoms with Crippen LogP contribution in [0.3, 0.4) is 0 Å². The molecule has 22 heavy (non-hydrogen) atoms. The Morgan fingerprint density at radius 1 is 0.818 bits per heavy atom. The van der Waals surface area contributed by atoms with Gasteiger partial charge in [-0.15, -0.1) is 0 Å². The van der Waals surface area contributed by atoms with Crippen LogP contribution in [0.15, 0.2) is 4.99 Å². The van der Waals surface area contributed by atoms with Crippen molar-refractivity contribution >= 4 is 5.96 Å². The van der Waals surface area contributed by atoms with Crippen LogP contribution in [0.1, 0.15) is 0 Å². The van der Waals surface area contributed by atoms with E-state index in [0.29, 0.717) is 58.7 Å². The molecule has 9 heteroatoms. The lowest BCUT2D eigenvalue weighted by molar-refractivity contribution is -0.0501. The minimum Gasteiger partial charge on any atom is -0.377 e. The molecule has 0 aliphatic carbocycles. The van der Waals surface area contributed by atoms with Crippen molar-refractivity contribution in [1.82, 2.24) is 5.32 Å². The van der Waals surface area contributed by atoms with Crippen molar-refractivity contribution in [2.75, 3.05) is 80.5 Å². The normalized spacial score (nSPS) is 11.8. The van der Waals surface area contributed by atoms with Crippen molar-refractivity contribution in [2.24, 2.45) is 10.7 Å². The number of rotatable bonds is 16. The zero-order chi connectivity index (χ0) is 16.3. The topological polar surface area (TPSA) is 106 Å². The molecule has 0 spiro atoms. The zero-order valence-electron chi connectivity index (χ0n) is 13.5. The van der Waals surface area contributed by atoms with Gasteiger partial charge in [-0.25, -0.2) is 0 Å². The molecule has 0 unspecified atom stereocenters. The average Bonchev–Trinajstić information content (AvgIpc) is 2.52. The smallest absolute Gasteiger partial charge is 0.188 e. The predicted octanol–water partition coefficient (Wildman–Crippen LogP) is -0.835. The number of methoxy groups -OCH3 is 2. The van der Waals surface area contributed by atoms with Crippen molar-refractivity contribution in [3.8, 4) is 0 Å². The van der Waals surface area contributed by atoms with E-state index in [-0.39, 0.29) is 13.6 Å². The molecule has 0 radical (unpaired) electrons. The van der Waals surface area contributed by atoms with E-state index in [1.807, 2.05) is 0 Å². The summed E-state index contributed by atoms with van der Waals surface area (Å²) in [6.07, 6.45) is 0. The molecule has 0 atom stereocenters. The molecule has 0 saturated carbocycles. The van der Waals surface area contributed by atoms with Gasteiger partial charge in [-0.2, -0.15) is 0 Å². The third kappa shape index (κ3) is 17.1. The van der Waals surface area contributed by atoms with Gasteiger partial charge in [-0.05, 0) is 0 Å². The molecular formula is C13H29N3O6. The van der Waals surface area contributed by atoms with Crippen LogP contribution >= 0.6 is 0 Å². The predicted molar refractivity (Wildman–Crippen MR) is 81.8 cm³/mol. The third-order valence-corrected chi connectivity index (χ3v) is 2.22. The van der Waals surface area contributed by atoms with E-state index in [9.17, 15) is 0 Å². The van der Waals surface area contributed by atoms with Gasteiger partial charge in [0, 0.05) is 20.8 Å². The first-order valence-corrected chi connectivity index (χ1v) is 7.14. The number of nitrogens with zero attached hydrogens (tertiary/aromatic N) is 1. The Balaban J connectivity index is 3.24. The molecule has 0 bridgehead atoms. The fraction of sp³-hybridized carbons (Fsp3) is 0.923. The summed E-state index contributed by atoms with van der Waals surface area (Å²) in [6, 6.07) is 0. The second-order valence-corrected chi connectivity index (χ2v) is 4.05. The maximum absolute atomic E-state index is 5.68. The SMILES string of the molecule is COCOCCOCCN=C(N)NCCOCCOCOC. The molecule has 0 fully saturated rings. The summed E-state index contributed by atoms with van der Waals surface area (Å²) in [5, 5.41) is 2.94. The number of ether oxygens (including phenoxy) is 6. The van der Waals surface area contributed by atoms with Gasteiger partial charge >= 0.3 is 0 Å². The van der Waals surface area contributed by atoms with Gasteiger partial charge in [0.25, 0.3) is 0 Å². The van der Waals surface area contributed by atoms with Crippen LogP contribution in [-0.4, -0.2) is 86.5 Å². The fourth-order valence-corrected chi connectivity index (χ4v) is 1.26. The quantitative estimate of drug-likeness (QED) is 0.164. The van der Waals surface area contributed by atoms with Crippen LogP contribution < -0.4 is 11.1 Å². The molecule has 3 N–H and O–H groups in total. The maximum atomic E-state index is 5.68. The van der Waals surface area contributed by atoms with Crippen molar-refractivity contribution in [1.29, 1.82) is 0 Å². The third-order valence-electron chi connectivity index (χ3n) is 2.22. The Morgan fingerprint density at radius 2 is 1.36 bits per heavy atom. The van der Waals surface area contributed by atoms with Gasteiger partial charge in [0.05, 0.1) is 46.2 Å². The summed E-state index contributed by atoms with van der Waals surface area (Å²) in [5.41, 5.74) is 5.68. The monoisotopic (exact) mass is 323 g/mol. The Labute approximate surface area is 132 Å². The lowest BCUT2D eigenvalue weighted by Crippen LogP contribution is -2.34. The average molecular weight is 323 g/mol. The molecule has 132 valence electrons. The second kappa shape index (κ2) is 18.1. The van der Waals surface area contributed by atoms with Crippen molar-refractivity contribution < 1.29 is 28.4 Å². The minimum absolute atomic E-state index is 0.277. The Morgan fingerprint density at radius 3 is 1.95 bits per heavy atom. The van der Waals surface area contributed by atoms with Crippen LogP contribution in [0.4, 0.5) is 0 Å². The van der Waals surface area contributed by atoms with Gasteiger partial charge < -0.3 is 39.5 Å². The highest BCUT2D eigenvalue weighted by Gasteiger charge is 1.93. The highest BCUT2D eigenvalue weighted by atomic mass is 16.7. The van der Waals surface area contributed by atoms with Crippen LogP contribution in [0.2, 0.25) is 0 Å². The number of hydrogen-bond donors (Lipinski definition) is 2. The number of nitrogens with one attached hydrogen (secondary N) is 1. The van der Waals surface area contributed by atoms with Gasteiger partial charge in [0.2, 0.25) is 0 Å².